The number of ketones is 2. The molecule has 3 aromatic rings. The van der Waals surface area contributed by atoms with E-state index in [-0.39, 0.29) is 23.9 Å². The van der Waals surface area contributed by atoms with E-state index < -0.39 is 0 Å². The molecule has 0 spiro atoms. The largest absolute Gasteiger partial charge is 0.355 e. The van der Waals surface area contributed by atoms with Crippen LogP contribution in [0, 0.1) is 19.7 Å². The number of hydrogen-bond acceptors (Lipinski definition) is 5. The number of benzene rings is 1. The van der Waals surface area contributed by atoms with Crippen LogP contribution in [-0.2, 0) is 6.54 Å². The van der Waals surface area contributed by atoms with Crippen LogP contribution in [0.15, 0.2) is 24.3 Å². The minimum absolute atomic E-state index is 0.0947. The van der Waals surface area contributed by atoms with Gasteiger partial charge in [0, 0.05) is 16.8 Å². The van der Waals surface area contributed by atoms with E-state index in [9.17, 15) is 14.0 Å². The number of halogens is 1. The third-order valence-corrected chi connectivity index (χ3v) is 3.91. The monoisotopic (exact) mass is 341 g/mol. The number of hydrogen-bond donors (Lipinski definition) is 1. The number of aromatic amines is 1. The number of rotatable bonds is 5. The lowest BCUT2D eigenvalue weighted by Gasteiger charge is -2.00. The molecule has 3 rings (SSSR count). The fourth-order valence-electron chi connectivity index (χ4n) is 2.79. The summed E-state index contributed by atoms with van der Waals surface area (Å²) in [7, 11) is 0. The highest BCUT2D eigenvalue weighted by molar-refractivity contribution is 6.03. The molecule has 25 heavy (non-hydrogen) atoms. The third kappa shape index (κ3) is 3.23. The molecule has 8 heteroatoms. The number of carbonyl (C=O) groups excluding carboxylic acids is 2. The summed E-state index contributed by atoms with van der Waals surface area (Å²) in [5, 5.41) is 11.9. The molecule has 0 aliphatic heterocycles. The van der Waals surface area contributed by atoms with Crippen molar-refractivity contribution < 1.29 is 14.0 Å². The Morgan fingerprint density at radius 2 is 1.88 bits per heavy atom. The molecule has 128 valence electrons. The average molecular weight is 341 g/mol. The molecule has 0 unspecified atom stereocenters. The molecule has 0 fully saturated rings. The van der Waals surface area contributed by atoms with E-state index in [0.717, 1.165) is 0 Å². The Balaban J connectivity index is 1.82. The lowest BCUT2D eigenvalue weighted by Crippen LogP contribution is -2.14. The number of nitrogens with one attached hydrogen (secondary N) is 1. The van der Waals surface area contributed by atoms with Gasteiger partial charge in [-0.05, 0) is 55.8 Å². The molecule has 0 aliphatic rings. The van der Waals surface area contributed by atoms with Gasteiger partial charge in [0.05, 0.1) is 5.69 Å². The summed E-state index contributed by atoms with van der Waals surface area (Å²) >= 11 is 0. The molecule has 2 aromatic heterocycles. The minimum atomic E-state index is -0.356. The predicted molar refractivity (Wildman–Crippen MR) is 87.8 cm³/mol. The summed E-state index contributed by atoms with van der Waals surface area (Å²) < 4.78 is 13.0. The normalized spacial score (nSPS) is 10.9. The number of nitrogens with zero attached hydrogens (tertiary/aromatic N) is 4. The topological polar surface area (TPSA) is 93.5 Å². The molecule has 0 saturated carbocycles. The van der Waals surface area contributed by atoms with E-state index >= 15 is 0 Å². The van der Waals surface area contributed by atoms with E-state index in [4.69, 9.17) is 0 Å². The Morgan fingerprint density at radius 1 is 1.20 bits per heavy atom. The second-order valence-corrected chi connectivity index (χ2v) is 5.75. The molecule has 0 saturated heterocycles. The first kappa shape index (κ1) is 16.7. The summed E-state index contributed by atoms with van der Waals surface area (Å²) in [4.78, 5) is 28.3. The number of tetrazole rings is 1. The van der Waals surface area contributed by atoms with Crippen LogP contribution >= 0.6 is 0 Å². The SMILES string of the molecule is CC(=O)c1c(C)[nH]c(C(=O)Cn2nnc(-c3ccc(F)cc3)n2)c1C. The molecule has 0 atom stereocenters. The Morgan fingerprint density at radius 3 is 2.48 bits per heavy atom. The van der Waals surface area contributed by atoms with Crippen molar-refractivity contribution in [3.8, 4) is 11.4 Å². The van der Waals surface area contributed by atoms with Gasteiger partial charge >= 0.3 is 0 Å². The van der Waals surface area contributed by atoms with E-state index in [1.807, 2.05) is 0 Å². The number of carbonyl (C=O) groups is 2. The van der Waals surface area contributed by atoms with Crippen LogP contribution in [0.1, 0.15) is 39.0 Å². The smallest absolute Gasteiger partial charge is 0.204 e. The first-order valence-corrected chi connectivity index (χ1v) is 7.64. The van der Waals surface area contributed by atoms with E-state index in [1.54, 1.807) is 13.8 Å². The van der Waals surface area contributed by atoms with Crippen molar-refractivity contribution in [2.24, 2.45) is 0 Å². The van der Waals surface area contributed by atoms with Crippen molar-refractivity contribution in [3.63, 3.8) is 0 Å². The fraction of sp³-hybridized carbons (Fsp3) is 0.235. The number of aromatic nitrogens is 5. The van der Waals surface area contributed by atoms with Crippen molar-refractivity contribution in [2.45, 2.75) is 27.3 Å². The summed E-state index contributed by atoms with van der Waals surface area (Å²) in [5.74, 6) is -0.402. The van der Waals surface area contributed by atoms with Gasteiger partial charge < -0.3 is 4.98 Å². The Hall–Kier alpha value is -3.16. The highest BCUT2D eigenvalue weighted by Crippen LogP contribution is 2.19. The van der Waals surface area contributed by atoms with Gasteiger partial charge in [-0.25, -0.2) is 4.39 Å². The second-order valence-electron chi connectivity index (χ2n) is 5.75. The van der Waals surface area contributed by atoms with Gasteiger partial charge in [0.15, 0.2) is 5.78 Å². The summed E-state index contributed by atoms with van der Waals surface area (Å²) in [5.41, 5.74) is 2.77. The lowest BCUT2D eigenvalue weighted by atomic mass is 10.1. The van der Waals surface area contributed by atoms with E-state index in [0.29, 0.717) is 33.9 Å². The molecule has 0 radical (unpaired) electrons. The molecule has 0 bridgehead atoms. The summed E-state index contributed by atoms with van der Waals surface area (Å²) in [6.45, 7) is 4.82. The fourth-order valence-corrected chi connectivity index (χ4v) is 2.79. The highest BCUT2D eigenvalue weighted by Gasteiger charge is 2.20. The standard InChI is InChI=1S/C17H16FN5O2/c1-9-15(11(3)24)10(2)19-16(9)14(25)8-23-21-17(20-22-23)12-4-6-13(18)7-5-12/h4-7,19H,8H2,1-3H3. The van der Waals surface area contributed by atoms with Gasteiger partial charge in [0.25, 0.3) is 0 Å². The molecule has 2 heterocycles. The molecular weight excluding hydrogens is 325 g/mol. The van der Waals surface area contributed by atoms with Gasteiger partial charge in [0.1, 0.15) is 12.4 Å². The first-order chi connectivity index (χ1) is 11.9. The zero-order valence-electron chi connectivity index (χ0n) is 14.0. The van der Waals surface area contributed by atoms with Crippen LogP contribution < -0.4 is 0 Å². The molecule has 1 aromatic carbocycles. The summed E-state index contributed by atoms with van der Waals surface area (Å²) in [6.07, 6.45) is 0. The molecule has 7 nitrogen and oxygen atoms in total. The number of aryl methyl sites for hydroxylation is 1. The highest BCUT2D eigenvalue weighted by atomic mass is 19.1. The minimum Gasteiger partial charge on any atom is -0.355 e. The molecular formula is C17H16FN5O2. The van der Waals surface area contributed by atoms with Gasteiger partial charge in [-0.15, -0.1) is 10.2 Å². The maximum Gasteiger partial charge on any atom is 0.204 e. The first-order valence-electron chi connectivity index (χ1n) is 7.64. The zero-order valence-corrected chi connectivity index (χ0v) is 14.0. The van der Waals surface area contributed by atoms with Crippen LogP contribution in [0.2, 0.25) is 0 Å². The van der Waals surface area contributed by atoms with Crippen molar-refractivity contribution in [1.29, 1.82) is 0 Å². The van der Waals surface area contributed by atoms with Crippen molar-refractivity contribution in [1.82, 2.24) is 25.2 Å². The van der Waals surface area contributed by atoms with Crippen molar-refractivity contribution in [2.75, 3.05) is 0 Å². The van der Waals surface area contributed by atoms with Crippen LogP contribution in [0.4, 0.5) is 4.39 Å². The van der Waals surface area contributed by atoms with E-state index in [2.05, 4.69) is 20.4 Å². The second kappa shape index (κ2) is 6.39. The van der Waals surface area contributed by atoms with Crippen LogP contribution in [0.25, 0.3) is 11.4 Å². The van der Waals surface area contributed by atoms with Gasteiger partial charge in [0.2, 0.25) is 11.6 Å². The molecule has 1 N–H and O–H groups in total. The number of H-pyrrole nitrogens is 1. The zero-order chi connectivity index (χ0) is 18.1. The van der Waals surface area contributed by atoms with Gasteiger partial charge in [-0.2, -0.15) is 4.80 Å². The van der Waals surface area contributed by atoms with Crippen LogP contribution in [0.3, 0.4) is 0 Å². The lowest BCUT2D eigenvalue weighted by molar-refractivity contribution is 0.0956. The quantitative estimate of drug-likeness (QED) is 0.720. The maximum atomic E-state index is 13.0. The molecule has 0 aliphatic carbocycles. The number of Topliss-reactive ketones (excluding diaryl/α,β-unsaturated/α-hetero) is 2. The third-order valence-electron chi connectivity index (χ3n) is 3.91. The maximum absolute atomic E-state index is 13.0. The van der Waals surface area contributed by atoms with Crippen LogP contribution in [-0.4, -0.2) is 36.8 Å². The summed E-state index contributed by atoms with van der Waals surface area (Å²) in [6, 6.07) is 5.68. The van der Waals surface area contributed by atoms with Gasteiger partial charge in [-0.1, -0.05) is 0 Å². The van der Waals surface area contributed by atoms with Crippen molar-refractivity contribution >= 4 is 11.6 Å². The van der Waals surface area contributed by atoms with Crippen molar-refractivity contribution in [3.05, 3.63) is 52.6 Å². The Kier molecular flexibility index (Phi) is 4.26. The van der Waals surface area contributed by atoms with Crippen LogP contribution in [0.5, 0.6) is 0 Å². The Labute approximate surface area is 142 Å². The van der Waals surface area contributed by atoms with Gasteiger partial charge in [-0.3, -0.25) is 9.59 Å². The Bertz CT molecular complexity index is 956. The molecule has 0 amide bonds. The van der Waals surface area contributed by atoms with E-state index in [1.165, 1.54) is 36.0 Å². The predicted octanol–water partition coefficient (Wildman–Crippen LogP) is 2.51. The average Bonchev–Trinajstić information content (AvgIpc) is 3.12.